The van der Waals surface area contributed by atoms with Crippen molar-refractivity contribution in [3.05, 3.63) is 65.7 Å². The first kappa shape index (κ1) is 17.1. The van der Waals surface area contributed by atoms with E-state index in [4.69, 9.17) is 0 Å². The first-order valence-electron chi connectivity index (χ1n) is 8.09. The van der Waals surface area contributed by atoms with Gasteiger partial charge in [0.1, 0.15) is 17.6 Å². The number of carbonyl (C=O) groups is 2. The van der Waals surface area contributed by atoms with Crippen molar-refractivity contribution in [1.29, 1.82) is 0 Å². The molecular weight excluding hydrogens is 326 g/mol. The van der Waals surface area contributed by atoms with Gasteiger partial charge >= 0.3 is 0 Å². The molecule has 0 radical (unpaired) electrons. The Morgan fingerprint density at radius 3 is 2.60 bits per heavy atom. The van der Waals surface area contributed by atoms with Gasteiger partial charge in [-0.1, -0.05) is 30.3 Å². The van der Waals surface area contributed by atoms with Gasteiger partial charge in [0.2, 0.25) is 11.8 Å². The second-order valence-corrected chi connectivity index (χ2v) is 6.07. The van der Waals surface area contributed by atoms with Crippen molar-refractivity contribution in [1.82, 2.24) is 5.32 Å². The van der Waals surface area contributed by atoms with E-state index in [0.717, 1.165) is 17.7 Å². The molecule has 130 valence electrons. The zero-order valence-corrected chi connectivity index (χ0v) is 13.7. The summed E-state index contributed by atoms with van der Waals surface area (Å²) < 4.78 is 26.9. The molecular formula is C19H18F2N2O2. The minimum atomic E-state index is -0.865. The molecule has 1 aliphatic rings. The minimum absolute atomic E-state index is 0.00203. The molecule has 6 heteroatoms. The van der Waals surface area contributed by atoms with E-state index in [9.17, 15) is 18.4 Å². The van der Waals surface area contributed by atoms with Crippen LogP contribution in [0.1, 0.15) is 24.9 Å². The van der Waals surface area contributed by atoms with E-state index < -0.39 is 23.5 Å². The molecule has 2 aromatic rings. The average molecular weight is 344 g/mol. The Morgan fingerprint density at radius 2 is 1.92 bits per heavy atom. The molecule has 0 saturated carbocycles. The van der Waals surface area contributed by atoms with Gasteiger partial charge in [-0.05, 0) is 31.0 Å². The molecule has 0 aliphatic carbocycles. The van der Waals surface area contributed by atoms with E-state index in [1.54, 1.807) is 0 Å². The van der Waals surface area contributed by atoms with Crippen molar-refractivity contribution in [3.8, 4) is 0 Å². The van der Waals surface area contributed by atoms with Gasteiger partial charge in [-0.25, -0.2) is 8.78 Å². The fourth-order valence-electron chi connectivity index (χ4n) is 3.00. The normalized spacial score (nSPS) is 18.3. The third kappa shape index (κ3) is 3.52. The highest BCUT2D eigenvalue weighted by Gasteiger charge is 2.38. The monoisotopic (exact) mass is 344 g/mol. The van der Waals surface area contributed by atoms with Crippen molar-refractivity contribution < 1.29 is 18.4 Å². The van der Waals surface area contributed by atoms with Crippen molar-refractivity contribution >= 4 is 17.5 Å². The van der Waals surface area contributed by atoms with Gasteiger partial charge in [0, 0.05) is 12.6 Å². The lowest BCUT2D eigenvalue weighted by Gasteiger charge is -2.19. The minimum Gasteiger partial charge on any atom is -0.349 e. The predicted octanol–water partition coefficient (Wildman–Crippen LogP) is 3.20. The first-order chi connectivity index (χ1) is 12.0. The zero-order chi connectivity index (χ0) is 18.0. The van der Waals surface area contributed by atoms with Crippen molar-refractivity contribution in [2.75, 3.05) is 11.4 Å². The van der Waals surface area contributed by atoms with Gasteiger partial charge in [0.25, 0.3) is 0 Å². The number of carbonyl (C=O) groups excluding carboxylic acids is 2. The van der Waals surface area contributed by atoms with Gasteiger partial charge in [-0.15, -0.1) is 0 Å². The average Bonchev–Trinajstić information content (AvgIpc) is 2.97. The van der Waals surface area contributed by atoms with Crippen LogP contribution in [-0.4, -0.2) is 18.4 Å². The first-order valence-corrected chi connectivity index (χ1v) is 8.09. The third-order valence-corrected chi connectivity index (χ3v) is 4.38. The zero-order valence-electron chi connectivity index (χ0n) is 13.7. The fourth-order valence-corrected chi connectivity index (χ4v) is 3.00. The predicted molar refractivity (Wildman–Crippen MR) is 89.8 cm³/mol. The van der Waals surface area contributed by atoms with E-state index in [2.05, 4.69) is 5.32 Å². The fraction of sp³-hybridized carbons (Fsp3) is 0.263. The number of nitrogens with one attached hydrogen (secondary N) is 1. The summed E-state index contributed by atoms with van der Waals surface area (Å²) in [6.07, 6.45) is 0.295. The summed E-state index contributed by atoms with van der Waals surface area (Å²) in [7, 11) is 0. The second-order valence-electron chi connectivity index (χ2n) is 6.07. The van der Waals surface area contributed by atoms with Crippen LogP contribution in [0, 0.1) is 17.6 Å². The Morgan fingerprint density at radius 1 is 1.20 bits per heavy atom. The van der Waals surface area contributed by atoms with E-state index in [1.807, 2.05) is 37.3 Å². The van der Waals surface area contributed by atoms with E-state index in [1.165, 1.54) is 11.0 Å². The molecule has 1 heterocycles. The summed E-state index contributed by atoms with van der Waals surface area (Å²) in [6.45, 7) is 2.06. The van der Waals surface area contributed by atoms with Crippen molar-refractivity contribution in [2.24, 2.45) is 5.92 Å². The molecule has 2 aromatic carbocycles. The summed E-state index contributed by atoms with van der Waals surface area (Å²) in [5.74, 6) is -3.24. The molecule has 1 fully saturated rings. The SMILES string of the molecule is C[C@H](NC(=O)[C@@H]1CCN(c2ccc(F)cc2F)C1=O)c1ccccc1. The summed E-state index contributed by atoms with van der Waals surface area (Å²) in [5, 5.41) is 2.82. The molecule has 0 bridgehead atoms. The van der Waals surface area contributed by atoms with E-state index in [-0.39, 0.29) is 24.2 Å². The highest BCUT2D eigenvalue weighted by Crippen LogP contribution is 2.28. The molecule has 1 saturated heterocycles. The van der Waals surface area contributed by atoms with E-state index >= 15 is 0 Å². The summed E-state index contributed by atoms with van der Waals surface area (Å²) >= 11 is 0. The number of amides is 2. The highest BCUT2D eigenvalue weighted by atomic mass is 19.1. The molecule has 1 N–H and O–H groups in total. The van der Waals surface area contributed by atoms with E-state index in [0.29, 0.717) is 6.42 Å². The summed E-state index contributed by atoms with van der Waals surface area (Å²) in [6, 6.07) is 12.2. The van der Waals surface area contributed by atoms with Gasteiger partial charge in [-0.2, -0.15) is 0 Å². The number of rotatable bonds is 4. The van der Waals surface area contributed by atoms with Gasteiger partial charge in [0.05, 0.1) is 11.7 Å². The molecule has 25 heavy (non-hydrogen) atoms. The lowest BCUT2D eigenvalue weighted by Crippen LogP contribution is -2.38. The second kappa shape index (κ2) is 7.01. The summed E-state index contributed by atoms with van der Waals surface area (Å²) in [4.78, 5) is 26.2. The molecule has 1 aliphatic heterocycles. The maximum Gasteiger partial charge on any atom is 0.239 e. The quantitative estimate of drug-likeness (QED) is 0.866. The van der Waals surface area contributed by atoms with Gasteiger partial charge < -0.3 is 10.2 Å². The Kier molecular flexibility index (Phi) is 4.79. The number of anilines is 1. The van der Waals surface area contributed by atoms with Crippen LogP contribution in [0.15, 0.2) is 48.5 Å². The molecule has 2 atom stereocenters. The maximum absolute atomic E-state index is 13.9. The number of halogens is 2. The standard InChI is InChI=1S/C19H18F2N2O2/c1-12(13-5-3-2-4-6-13)22-18(24)15-9-10-23(19(15)25)17-8-7-14(20)11-16(17)21/h2-8,11-12,15H,9-10H2,1H3,(H,22,24)/t12-,15-/m0/s1. The Balaban J connectivity index is 1.70. The molecule has 0 aromatic heterocycles. The topological polar surface area (TPSA) is 49.4 Å². The van der Waals surface area contributed by atoms with Crippen LogP contribution in [0.25, 0.3) is 0 Å². The lowest BCUT2D eigenvalue weighted by molar-refractivity contribution is -0.132. The van der Waals surface area contributed by atoms with Crippen LogP contribution in [0.5, 0.6) is 0 Å². The van der Waals surface area contributed by atoms with Crippen molar-refractivity contribution in [2.45, 2.75) is 19.4 Å². The third-order valence-electron chi connectivity index (χ3n) is 4.38. The smallest absolute Gasteiger partial charge is 0.239 e. The Bertz CT molecular complexity index is 795. The molecule has 0 unspecified atom stereocenters. The Labute approximate surface area is 144 Å². The molecule has 2 amide bonds. The number of hydrogen-bond donors (Lipinski definition) is 1. The molecule has 0 spiro atoms. The Hall–Kier alpha value is -2.76. The number of hydrogen-bond acceptors (Lipinski definition) is 2. The van der Waals surface area contributed by atoms with Crippen LogP contribution in [-0.2, 0) is 9.59 Å². The largest absolute Gasteiger partial charge is 0.349 e. The lowest BCUT2D eigenvalue weighted by atomic mass is 10.0. The highest BCUT2D eigenvalue weighted by molar-refractivity contribution is 6.09. The van der Waals surface area contributed by atoms with Gasteiger partial charge in [-0.3, -0.25) is 9.59 Å². The number of nitrogens with zero attached hydrogens (tertiary/aromatic N) is 1. The molecule has 4 nitrogen and oxygen atoms in total. The van der Waals surface area contributed by atoms with Crippen LogP contribution >= 0.6 is 0 Å². The maximum atomic E-state index is 13.9. The summed E-state index contributed by atoms with van der Waals surface area (Å²) in [5.41, 5.74) is 0.931. The number of benzene rings is 2. The van der Waals surface area contributed by atoms with Gasteiger partial charge in [0.15, 0.2) is 0 Å². The van der Waals surface area contributed by atoms with Crippen LogP contribution in [0.3, 0.4) is 0 Å². The van der Waals surface area contributed by atoms with Crippen molar-refractivity contribution in [3.63, 3.8) is 0 Å². The van der Waals surface area contributed by atoms with Crippen LogP contribution in [0.2, 0.25) is 0 Å². The molecule has 3 rings (SSSR count). The van der Waals surface area contributed by atoms with Crippen LogP contribution < -0.4 is 10.2 Å². The van der Waals surface area contributed by atoms with Crippen LogP contribution in [0.4, 0.5) is 14.5 Å².